The van der Waals surface area contributed by atoms with E-state index in [1.54, 1.807) is 6.92 Å². The number of hydrogen-bond donors (Lipinski definition) is 2. The van der Waals surface area contributed by atoms with Crippen LogP contribution < -0.4 is 5.73 Å². The standard InChI is InChI=1S/C10H17N5O2/c1-6(2)4-15(5-8(11)16)10(17)9-12-7(3)13-14-9/h6H,4-5H2,1-3H3,(H2,11,16)(H,12,13,14). The van der Waals surface area contributed by atoms with Crippen LogP contribution >= 0.6 is 0 Å². The molecule has 0 aliphatic rings. The third kappa shape index (κ3) is 3.86. The monoisotopic (exact) mass is 239 g/mol. The van der Waals surface area contributed by atoms with E-state index in [4.69, 9.17) is 5.73 Å². The van der Waals surface area contributed by atoms with E-state index in [1.165, 1.54) is 4.90 Å². The van der Waals surface area contributed by atoms with Crippen molar-refractivity contribution in [3.8, 4) is 0 Å². The van der Waals surface area contributed by atoms with Crippen LogP contribution in [-0.4, -0.2) is 45.0 Å². The minimum Gasteiger partial charge on any atom is -0.368 e. The number of carbonyl (C=O) groups excluding carboxylic acids is 2. The SMILES string of the molecule is Cc1nc(C(=O)N(CC(N)=O)CC(C)C)n[nH]1. The Morgan fingerprint density at radius 2 is 2.12 bits per heavy atom. The molecule has 7 heteroatoms. The summed E-state index contributed by atoms with van der Waals surface area (Å²) in [4.78, 5) is 28.2. The van der Waals surface area contributed by atoms with Gasteiger partial charge in [-0.25, -0.2) is 4.98 Å². The number of aromatic amines is 1. The van der Waals surface area contributed by atoms with Crippen molar-refractivity contribution in [3.63, 3.8) is 0 Å². The van der Waals surface area contributed by atoms with E-state index >= 15 is 0 Å². The lowest BCUT2D eigenvalue weighted by Crippen LogP contribution is -2.41. The van der Waals surface area contributed by atoms with Crippen LogP contribution in [0.4, 0.5) is 0 Å². The Balaban J connectivity index is 2.82. The Morgan fingerprint density at radius 1 is 1.47 bits per heavy atom. The molecule has 0 fully saturated rings. The predicted octanol–water partition coefficient (Wildman–Crippen LogP) is -0.303. The van der Waals surface area contributed by atoms with Crippen molar-refractivity contribution in [2.45, 2.75) is 20.8 Å². The van der Waals surface area contributed by atoms with Gasteiger partial charge >= 0.3 is 0 Å². The Morgan fingerprint density at radius 3 is 2.53 bits per heavy atom. The minimum atomic E-state index is -0.550. The summed E-state index contributed by atoms with van der Waals surface area (Å²) >= 11 is 0. The van der Waals surface area contributed by atoms with Gasteiger partial charge in [0, 0.05) is 6.54 Å². The lowest BCUT2D eigenvalue weighted by atomic mass is 10.2. The molecule has 1 aromatic heterocycles. The molecule has 0 aromatic carbocycles. The molecule has 94 valence electrons. The van der Waals surface area contributed by atoms with E-state index in [9.17, 15) is 9.59 Å². The van der Waals surface area contributed by atoms with Crippen LogP contribution in [0.1, 0.15) is 30.3 Å². The van der Waals surface area contributed by atoms with Crippen molar-refractivity contribution in [3.05, 3.63) is 11.6 Å². The number of aryl methyl sites for hydroxylation is 1. The third-order valence-corrected chi connectivity index (χ3v) is 2.01. The van der Waals surface area contributed by atoms with Crippen LogP contribution in [0.3, 0.4) is 0 Å². The van der Waals surface area contributed by atoms with Gasteiger partial charge in [-0.3, -0.25) is 14.7 Å². The van der Waals surface area contributed by atoms with Gasteiger partial charge in [0.1, 0.15) is 5.82 Å². The normalized spacial score (nSPS) is 10.6. The molecule has 0 aliphatic carbocycles. The molecule has 0 saturated heterocycles. The lowest BCUT2D eigenvalue weighted by Gasteiger charge is -2.21. The highest BCUT2D eigenvalue weighted by molar-refractivity contribution is 5.93. The molecule has 2 amide bonds. The Kier molecular flexibility index (Phi) is 4.19. The molecular formula is C10H17N5O2. The molecule has 3 N–H and O–H groups in total. The first kappa shape index (κ1) is 13.1. The molecule has 7 nitrogen and oxygen atoms in total. The molecule has 1 aromatic rings. The predicted molar refractivity (Wildman–Crippen MR) is 61.1 cm³/mol. The number of H-pyrrole nitrogens is 1. The Hall–Kier alpha value is -1.92. The van der Waals surface area contributed by atoms with Gasteiger partial charge in [-0.05, 0) is 12.8 Å². The zero-order chi connectivity index (χ0) is 13.0. The summed E-state index contributed by atoms with van der Waals surface area (Å²) in [6.45, 7) is 5.92. The average Bonchev–Trinajstić information content (AvgIpc) is 2.61. The average molecular weight is 239 g/mol. The molecule has 0 spiro atoms. The molecule has 0 atom stereocenters. The zero-order valence-electron chi connectivity index (χ0n) is 10.2. The maximum Gasteiger partial charge on any atom is 0.294 e. The highest BCUT2D eigenvalue weighted by atomic mass is 16.2. The first-order valence-electron chi connectivity index (χ1n) is 5.36. The molecule has 17 heavy (non-hydrogen) atoms. The van der Waals surface area contributed by atoms with Gasteiger partial charge in [0.25, 0.3) is 5.91 Å². The van der Waals surface area contributed by atoms with Crippen molar-refractivity contribution < 1.29 is 9.59 Å². The number of aromatic nitrogens is 3. The number of nitrogens with zero attached hydrogens (tertiary/aromatic N) is 3. The molecule has 0 saturated carbocycles. The van der Waals surface area contributed by atoms with E-state index in [0.717, 1.165) is 0 Å². The first-order valence-corrected chi connectivity index (χ1v) is 5.36. The van der Waals surface area contributed by atoms with Gasteiger partial charge in [0.05, 0.1) is 6.54 Å². The maximum absolute atomic E-state index is 12.0. The number of nitrogens with two attached hydrogens (primary N) is 1. The van der Waals surface area contributed by atoms with Gasteiger partial charge in [-0.2, -0.15) is 0 Å². The third-order valence-electron chi connectivity index (χ3n) is 2.01. The van der Waals surface area contributed by atoms with Crippen LogP contribution in [0.25, 0.3) is 0 Å². The van der Waals surface area contributed by atoms with Gasteiger partial charge in [0.2, 0.25) is 11.7 Å². The minimum absolute atomic E-state index is 0.0596. The van der Waals surface area contributed by atoms with Crippen LogP contribution in [0.2, 0.25) is 0 Å². The molecule has 0 radical (unpaired) electrons. The topological polar surface area (TPSA) is 105 Å². The summed E-state index contributed by atoms with van der Waals surface area (Å²) in [5, 5.41) is 6.36. The summed E-state index contributed by atoms with van der Waals surface area (Å²) in [5.41, 5.74) is 5.11. The molecule has 0 aliphatic heterocycles. The molecule has 0 bridgehead atoms. The van der Waals surface area contributed by atoms with Gasteiger partial charge in [-0.15, -0.1) is 5.10 Å². The molecule has 1 heterocycles. The number of hydrogen-bond acceptors (Lipinski definition) is 4. The Bertz CT molecular complexity index is 413. The van der Waals surface area contributed by atoms with Crippen molar-refractivity contribution in [1.82, 2.24) is 20.1 Å². The maximum atomic E-state index is 12.0. The number of nitrogens with one attached hydrogen (secondary N) is 1. The summed E-state index contributed by atoms with van der Waals surface area (Å²) < 4.78 is 0. The number of carbonyl (C=O) groups is 2. The fourth-order valence-corrected chi connectivity index (χ4v) is 1.43. The molecule has 0 unspecified atom stereocenters. The number of amides is 2. The second-order valence-corrected chi connectivity index (χ2v) is 4.29. The summed E-state index contributed by atoms with van der Waals surface area (Å²) in [6, 6.07) is 0. The van der Waals surface area contributed by atoms with E-state index in [0.29, 0.717) is 12.4 Å². The highest BCUT2D eigenvalue weighted by Crippen LogP contribution is 2.03. The largest absolute Gasteiger partial charge is 0.368 e. The van der Waals surface area contributed by atoms with Crippen molar-refractivity contribution in [1.29, 1.82) is 0 Å². The van der Waals surface area contributed by atoms with Crippen LogP contribution in [-0.2, 0) is 4.79 Å². The van der Waals surface area contributed by atoms with Gasteiger partial charge in [0.15, 0.2) is 0 Å². The van der Waals surface area contributed by atoms with Crippen LogP contribution in [0, 0.1) is 12.8 Å². The fourth-order valence-electron chi connectivity index (χ4n) is 1.43. The lowest BCUT2D eigenvalue weighted by molar-refractivity contribution is -0.118. The van der Waals surface area contributed by atoms with Crippen LogP contribution in [0.5, 0.6) is 0 Å². The summed E-state index contributed by atoms with van der Waals surface area (Å²) in [6.07, 6.45) is 0. The molecule has 1 rings (SSSR count). The summed E-state index contributed by atoms with van der Waals surface area (Å²) in [5.74, 6) is -0.0900. The van der Waals surface area contributed by atoms with E-state index in [1.807, 2.05) is 13.8 Å². The molecular weight excluding hydrogens is 222 g/mol. The van der Waals surface area contributed by atoms with Crippen molar-refractivity contribution in [2.24, 2.45) is 11.7 Å². The summed E-state index contributed by atoms with van der Waals surface area (Å²) in [7, 11) is 0. The zero-order valence-corrected chi connectivity index (χ0v) is 10.2. The smallest absolute Gasteiger partial charge is 0.294 e. The number of primary amides is 1. The second-order valence-electron chi connectivity index (χ2n) is 4.29. The van der Waals surface area contributed by atoms with E-state index in [-0.39, 0.29) is 24.2 Å². The highest BCUT2D eigenvalue weighted by Gasteiger charge is 2.21. The quantitative estimate of drug-likeness (QED) is 0.735. The van der Waals surface area contributed by atoms with E-state index in [2.05, 4.69) is 15.2 Å². The number of rotatable bonds is 5. The fraction of sp³-hybridized carbons (Fsp3) is 0.600. The van der Waals surface area contributed by atoms with Crippen molar-refractivity contribution in [2.75, 3.05) is 13.1 Å². The van der Waals surface area contributed by atoms with E-state index < -0.39 is 5.91 Å². The van der Waals surface area contributed by atoms with Gasteiger partial charge in [-0.1, -0.05) is 13.8 Å². The van der Waals surface area contributed by atoms with Crippen molar-refractivity contribution >= 4 is 11.8 Å². The first-order chi connectivity index (χ1) is 7.90. The second kappa shape index (κ2) is 5.42. The Labute approximate surface area is 99.4 Å². The van der Waals surface area contributed by atoms with Crippen LogP contribution in [0.15, 0.2) is 0 Å². The van der Waals surface area contributed by atoms with Gasteiger partial charge < -0.3 is 10.6 Å².